The van der Waals surface area contributed by atoms with Gasteiger partial charge in [0.2, 0.25) is 5.91 Å². The maximum absolute atomic E-state index is 13.2. The van der Waals surface area contributed by atoms with E-state index in [1.807, 2.05) is 42.7 Å². The Morgan fingerprint density at radius 2 is 2.04 bits per heavy atom. The van der Waals surface area contributed by atoms with Crippen molar-refractivity contribution in [3.63, 3.8) is 0 Å². The Bertz CT molecular complexity index is 853. The normalized spacial score (nSPS) is 23.5. The minimum absolute atomic E-state index is 0.0466. The van der Waals surface area contributed by atoms with Gasteiger partial charge >= 0.3 is 0 Å². The second-order valence-corrected chi connectivity index (χ2v) is 7.70. The van der Waals surface area contributed by atoms with Gasteiger partial charge in [-0.15, -0.1) is 0 Å². The SMILES string of the molecule is CCCN1C(=O)c2nc3ccccc3n2C[C@@]1(C)C(=O)NC1CCCC1. The van der Waals surface area contributed by atoms with Crippen LogP contribution in [-0.4, -0.2) is 44.4 Å². The molecule has 2 amide bonds. The van der Waals surface area contributed by atoms with Gasteiger partial charge in [0.15, 0.2) is 5.82 Å². The van der Waals surface area contributed by atoms with Gasteiger partial charge in [-0.25, -0.2) is 4.98 Å². The van der Waals surface area contributed by atoms with Crippen LogP contribution >= 0.6 is 0 Å². The van der Waals surface area contributed by atoms with Crippen molar-refractivity contribution in [2.75, 3.05) is 6.54 Å². The average molecular weight is 354 g/mol. The van der Waals surface area contributed by atoms with E-state index in [1.54, 1.807) is 4.90 Å². The summed E-state index contributed by atoms with van der Waals surface area (Å²) in [6.07, 6.45) is 5.19. The fraction of sp³-hybridized carbons (Fsp3) is 0.550. The molecular weight excluding hydrogens is 328 g/mol. The number of rotatable bonds is 4. The van der Waals surface area contributed by atoms with Gasteiger partial charge in [0.05, 0.1) is 17.6 Å². The van der Waals surface area contributed by atoms with Crippen molar-refractivity contribution in [2.45, 2.75) is 64.1 Å². The summed E-state index contributed by atoms with van der Waals surface area (Å²) in [5, 5.41) is 3.20. The average Bonchev–Trinajstić information content (AvgIpc) is 3.26. The molecule has 1 atom stereocenters. The van der Waals surface area contributed by atoms with Gasteiger partial charge < -0.3 is 14.8 Å². The molecule has 0 unspecified atom stereocenters. The predicted molar refractivity (Wildman–Crippen MR) is 99.9 cm³/mol. The van der Waals surface area contributed by atoms with Crippen molar-refractivity contribution in [1.29, 1.82) is 0 Å². The van der Waals surface area contributed by atoms with E-state index in [1.165, 1.54) is 0 Å². The van der Waals surface area contributed by atoms with Gasteiger partial charge in [-0.1, -0.05) is 31.9 Å². The van der Waals surface area contributed by atoms with Crippen LogP contribution in [0.3, 0.4) is 0 Å². The molecule has 26 heavy (non-hydrogen) atoms. The molecule has 1 saturated carbocycles. The zero-order valence-corrected chi connectivity index (χ0v) is 15.5. The molecule has 1 N–H and O–H groups in total. The van der Waals surface area contributed by atoms with Crippen molar-refractivity contribution in [3.8, 4) is 0 Å². The number of benzene rings is 1. The topological polar surface area (TPSA) is 67.2 Å². The Kier molecular flexibility index (Phi) is 4.21. The Balaban J connectivity index is 1.74. The van der Waals surface area contributed by atoms with Crippen molar-refractivity contribution < 1.29 is 9.59 Å². The van der Waals surface area contributed by atoms with Crippen LogP contribution in [0.2, 0.25) is 0 Å². The standard InChI is InChI=1S/C20H26N4O2/c1-3-12-24-18(25)17-22-15-10-6-7-11-16(15)23(17)13-20(24,2)19(26)21-14-8-4-5-9-14/h6-7,10-11,14H,3-5,8-9,12-13H2,1-2H3,(H,21,26)/t20-/m0/s1. The highest BCUT2D eigenvalue weighted by atomic mass is 16.2. The molecule has 4 rings (SSSR count). The van der Waals surface area contributed by atoms with Gasteiger partial charge in [0.25, 0.3) is 5.91 Å². The molecule has 0 spiro atoms. The van der Waals surface area contributed by atoms with Crippen molar-refractivity contribution in [3.05, 3.63) is 30.1 Å². The van der Waals surface area contributed by atoms with Crippen LogP contribution in [0, 0.1) is 0 Å². The summed E-state index contributed by atoms with van der Waals surface area (Å²) < 4.78 is 1.91. The summed E-state index contributed by atoms with van der Waals surface area (Å²) >= 11 is 0. The minimum atomic E-state index is -0.897. The third kappa shape index (κ3) is 2.59. The number of hydrogen-bond donors (Lipinski definition) is 1. The summed E-state index contributed by atoms with van der Waals surface area (Å²) in [5.41, 5.74) is 0.811. The Morgan fingerprint density at radius 1 is 1.31 bits per heavy atom. The summed E-state index contributed by atoms with van der Waals surface area (Å²) in [6, 6.07) is 7.97. The molecule has 1 aliphatic heterocycles. The molecule has 1 fully saturated rings. The van der Waals surface area contributed by atoms with E-state index in [0.717, 1.165) is 43.1 Å². The third-order valence-electron chi connectivity index (χ3n) is 5.78. The van der Waals surface area contributed by atoms with Crippen LogP contribution in [-0.2, 0) is 11.3 Å². The first kappa shape index (κ1) is 17.1. The summed E-state index contributed by atoms with van der Waals surface area (Å²) in [5.74, 6) is 0.235. The molecule has 1 aliphatic carbocycles. The van der Waals surface area contributed by atoms with Gasteiger partial charge in [0, 0.05) is 12.6 Å². The second kappa shape index (κ2) is 6.41. The van der Waals surface area contributed by atoms with E-state index < -0.39 is 5.54 Å². The molecule has 1 aromatic carbocycles. The molecule has 2 aliphatic rings. The molecule has 2 aromatic rings. The fourth-order valence-electron chi connectivity index (χ4n) is 4.31. The number of carbonyl (C=O) groups excluding carboxylic acids is 2. The van der Waals surface area contributed by atoms with Crippen LogP contribution in [0.25, 0.3) is 11.0 Å². The molecule has 6 heteroatoms. The van der Waals surface area contributed by atoms with E-state index >= 15 is 0 Å². The molecule has 1 aromatic heterocycles. The van der Waals surface area contributed by atoms with Crippen LogP contribution < -0.4 is 5.32 Å². The Labute approximate surface area is 153 Å². The lowest BCUT2D eigenvalue weighted by atomic mass is 9.94. The molecule has 138 valence electrons. The molecule has 0 bridgehead atoms. The van der Waals surface area contributed by atoms with E-state index in [-0.39, 0.29) is 17.9 Å². The number of hydrogen-bond acceptors (Lipinski definition) is 3. The van der Waals surface area contributed by atoms with Crippen molar-refractivity contribution in [1.82, 2.24) is 19.8 Å². The summed E-state index contributed by atoms with van der Waals surface area (Å²) in [6.45, 7) is 4.91. The van der Waals surface area contributed by atoms with Gasteiger partial charge in [0.1, 0.15) is 5.54 Å². The first-order valence-electron chi connectivity index (χ1n) is 9.63. The number of carbonyl (C=O) groups is 2. The largest absolute Gasteiger partial charge is 0.351 e. The Morgan fingerprint density at radius 3 is 2.77 bits per heavy atom. The van der Waals surface area contributed by atoms with Gasteiger partial charge in [-0.3, -0.25) is 9.59 Å². The number of amides is 2. The molecule has 2 heterocycles. The highest BCUT2D eigenvalue weighted by Crippen LogP contribution is 2.31. The van der Waals surface area contributed by atoms with E-state index in [2.05, 4.69) is 10.3 Å². The van der Waals surface area contributed by atoms with Crippen molar-refractivity contribution in [2.24, 2.45) is 0 Å². The van der Waals surface area contributed by atoms with Crippen LogP contribution in [0.1, 0.15) is 56.6 Å². The Hall–Kier alpha value is -2.37. The van der Waals surface area contributed by atoms with E-state index in [4.69, 9.17) is 0 Å². The number of fused-ring (bicyclic) bond motifs is 3. The lowest BCUT2D eigenvalue weighted by Crippen LogP contribution is -2.65. The lowest BCUT2D eigenvalue weighted by molar-refractivity contribution is -0.133. The monoisotopic (exact) mass is 354 g/mol. The summed E-state index contributed by atoms with van der Waals surface area (Å²) in [4.78, 5) is 32.7. The fourth-order valence-corrected chi connectivity index (χ4v) is 4.31. The number of nitrogens with one attached hydrogen (secondary N) is 1. The maximum Gasteiger partial charge on any atom is 0.290 e. The smallest absolute Gasteiger partial charge is 0.290 e. The number of para-hydroxylation sites is 2. The summed E-state index contributed by atoms with van der Waals surface area (Å²) in [7, 11) is 0. The van der Waals surface area contributed by atoms with Crippen LogP contribution in [0.5, 0.6) is 0 Å². The van der Waals surface area contributed by atoms with E-state index in [0.29, 0.717) is 18.9 Å². The highest BCUT2D eigenvalue weighted by Gasteiger charge is 2.48. The van der Waals surface area contributed by atoms with Crippen molar-refractivity contribution >= 4 is 22.8 Å². The van der Waals surface area contributed by atoms with Crippen LogP contribution in [0.4, 0.5) is 0 Å². The van der Waals surface area contributed by atoms with Gasteiger partial charge in [-0.05, 0) is 38.3 Å². The second-order valence-electron chi connectivity index (χ2n) is 7.70. The van der Waals surface area contributed by atoms with Gasteiger partial charge in [-0.2, -0.15) is 0 Å². The highest BCUT2D eigenvalue weighted by molar-refractivity contribution is 6.01. The number of imidazole rings is 1. The maximum atomic E-state index is 13.2. The lowest BCUT2D eigenvalue weighted by Gasteiger charge is -2.43. The third-order valence-corrected chi connectivity index (χ3v) is 5.78. The zero-order valence-electron chi connectivity index (χ0n) is 15.5. The van der Waals surface area contributed by atoms with E-state index in [9.17, 15) is 9.59 Å². The van der Waals surface area contributed by atoms with Crippen LogP contribution in [0.15, 0.2) is 24.3 Å². The molecule has 6 nitrogen and oxygen atoms in total. The quantitative estimate of drug-likeness (QED) is 0.918. The molecule has 0 radical (unpaired) electrons. The predicted octanol–water partition coefficient (Wildman–Crippen LogP) is 2.72. The number of aromatic nitrogens is 2. The molecule has 0 saturated heterocycles. The zero-order chi connectivity index (χ0) is 18.3. The molecular formula is C20H26N4O2. The number of nitrogens with zero attached hydrogens (tertiary/aromatic N) is 3. The first-order chi connectivity index (χ1) is 12.5. The minimum Gasteiger partial charge on any atom is -0.351 e. The first-order valence-corrected chi connectivity index (χ1v) is 9.63.